The molecule has 2 aromatic rings. The average Bonchev–Trinajstić information content (AvgIpc) is 3.05. The van der Waals surface area contributed by atoms with Crippen LogP contribution in [0.4, 0.5) is 0 Å². The number of hydrogen-bond donors (Lipinski definition) is 1. The van der Waals surface area contributed by atoms with Crippen molar-refractivity contribution in [3.8, 4) is 5.69 Å². The molecule has 112 valence electrons. The maximum absolute atomic E-state index is 5.79. The number of likely N-dealkylation sites (tertiary alicyclic amines) is 1. The van der Waals surface area contributed by atoms with Crippen LogP contribution in [0.5, 0.6) is 0 Å². The van der Waals surface area contributed by atoms with Crippen LogP contribution < -0.4 is 5.73 Å². The molecule has 0 spiro atoms. The van der Waals surface area contributed by atoms with E-state index in [1.165, 1.54) is 29.9 Å². The van der Waals surface area contributed by atoms with E-state index in [0.717, 1.165) is 25.3 Å². The summed E-state index contributed by atoms with van der Waals surface area (Å²) in [6.07, 6.45) is 4.97. The summed E-state index contributed by atoms with van der Waals surface area (Å²) in [6.45, 7) is 8.50. The van der Waals surface area contributed by atoms with Gasteiger partial charge in [0.05, 0.1) is 11.9 Å². The standard InChI is InChI=1S/C17H24N4/c1-13-8-16(12-20-7-5-15(9-18)11-20)14(2)21(13)17-4-3-6-19-10-17/h3-4,6,8,10,15H,5,7,9,11-12,18H2,1-2H3. The Morgan fingerprint density at radius 1 is 1.38 bits per heavy atom. The van der Waals surface area contributed by atoms with Gasteiger partial charge in [-0.05, 0) is 63.0 Å². The van der Waals surface area contributed by atoms with Crippen LogP contribution in [-0.4, -0.2) is 34.1 Å². The fraction of sp³-hybridized carbons (Fsp3) is 0.471. The van der Waals surface area contributed by atoms with Gasteiger partial charge < -0.3 is 10.3 Å². The molecule has 0 amide bonds. The van der Waals surface area contributed by atoms with Crippen molar-refractivity contribution in [2.24, 2.45) is 11.7 Å². The lowest BCUT2D eigenvalue weighted by Gasteiger charge is -2.16. The third-order valence-electron chi connectivity index (χ3n) is 4.54. The van der Waals surface area contributed by atoms with Crippen LogP contribution in [0.25, 0.3) is 5.69 Å². The lowest BCUT2D eigenvalue weighted by Crippen LogP contribution is -2.23. The number of aromatic nitrogens is 2. The van der Waals surface area contributed by atoms with Crippen molar-refractivity contribution in [3.05, 3.63) is 47.5 Å². The molecule has 2 aromatic heterocycles. The first-order valence-electron chi connectivity index (χ1n) is 7.69. The minimum Gasteiger partial charge on any atom is -0.330 e. The van der Waals surface area contributed by atoms with Crippen molar-refractivity contribution in [1.82, 2.24) is 14.5 Å². The Morgan fingerprint density at radius 3 is 2.90 bits per heavy atom. The molecule has 1 saturated heterocycles. The monoisotopic (exact) mass is 284 g/mol. The van der Waals surface area contributed by atoms with Crippen LogP contribution in [0.15, 0.2) is 30.6 Å². The molecule has 1 aliphatic heterocycles. The summed E-state index contributed by atoms with van der Waals surface area (Å²) in [6, 6.07) is 6.40. The van der Waals surface area contributed by atoms with Gasteiger partial charge in [-0.2, -0.15) is 0 Å². The average molecular weight is 284 g/mol. The Hall–Kier alpha value is -1.65. The first-order chi connectivity index (χ1) is 10.2. The number of nitrogens with two attached hydrogens (primary N) is 1. The van der Waals surface area contributed by atoms with E-state index >= 15 is 0 Å². The molecular weight excluding hydrogens is 260 g/mol. The maximum atomic E-state index is 5.79. The number of aryl methyl sites for hydroxylation is 1. The second kappa shape index (κ2) is 6.00. The lowest BCUT2D eigenvalue weighted by molar-refractivity contribution is 0.317. The molecule has 0 bridgehead atoms. The Labute approximate surface area is 126 Å². The molecule has 21 heavy (non-hydrogen) atoms. The van der Waals surface area contributed by atoms with Crippen molar-refractivity contribution in [2.45, 2.75) is 26.8 Å². The summed E-state index contributed by atoms with van der Waals surface area (Å²) in [7, 11) is 0. The Balaban J connectivity index is 1.82. The lowest BCUT2D eigenvalue weighted by atomic mass is 10.1. The van der Waals surface area contributed by atoms with Gasteiger partial charge in [0.2, 0.25) is 0 Å². The molecule has 0 aromatic carbocycles. The van der Waals surface area contributed by atoms with E-state index in [1.54, 1.807) is 0 Å². The highest BCUT2D eigenvalue weighted by Crippen LogP contribution is 2.24. The predicted octanol–water partition coefficient (Wildman–Crippen LogP) is 2.27. The third kappa shape index (κ3) is 2.87. The van der Waals surface area contributed by atoms with Gasteiger partial charge >= 0.3 is 0 Å². The third-order valence-corrected chi connectivity index (χ3v) is 4.54. The van der Waals surface area contributed by atoms with Gasteiger partial charge in [-0.15, -0.1) is 0 Å². The van der Waals surface area contributed by atoms with Crippen LogP contribution in [0.3, 0.4) is 0 Å². The van der Waals surface area contributed by atoms with E-state index in [-0.39, 0.29) is 0 Å². The molecule has 1 unspecified atom stereocenters. The van der Waals surface area contributed by atoms with E-state index in [0.29, 0.717) is 5.92 Å². The van der Waals surface area contributed by atoms with E-state index in [2.05, 4.69) is 40.4 Å². The molecule has 1 aliphatic rings. The Kier molecular flexibility index (Phi) is 4.08. The van der Waals surface area contributed by atoms with Gasteiger partial charge in [0.25, 0.3) is 0 Å². The highest BCUT2D eigenvalue weighted by molar-refractivity contribution is 5.39. The molecule has 0 saturated carbocycles. The second-order valence-electron chi connectivity index (χ2n) is 6.07. The first-order valence-corrected chi connectivity index (χ1v) is 7.69. The molecule has 0 radical (unpaired) electrons. The smallest absolute Gasteiger partial charge is 0.0638 e. The summed E-state index contributed by atoms with van der Waals surface area (Å²) in [5, 5.41) is 0. The number of pyridine rings is 1. The summed E-state index contributed by atoms with van der Waals surface area (Å²) in [5.41, 5.74) is 10.9. The van der Waals surface area contributed by atoms with Crippen LogP contribution in [-0.2, 0) is 6.54 Å². The van der Waals surface area contributed by atoms with Crippen molar-refractivity contribution in [1.29, 1.82) is 0 Å². The molecule has 4 nitrogen and oxygen atoms in total. The van der Waals surface area contributed by atoms with Crippen molar-refractivity contribution >= 4 is 0 Å². The number of hydrogen-bond acceptors (Lipinski definition) is 3. The Bertz CT molecular complexity index is 603. The SMILES string of the molecule is Cc1cc(CN2CCC(CN)C2)c(C)n1-c1cccnc1. The summed E-state index contributed by atoms with van der Waals surface area (Å²) in [4.78, 5) is 6.75. The largest absolute Gasteiger partial charge is 0.330 e. The Morgan fingerprint density at radius 2 is 2.24 bits per heavy atom. The van der Waals surface area contributed by atoms with E-state index in [9.17, 15) is 0 Å². The molecule has 1 fully saturated rings. The normalized spacial score (nSPS) is 19.3. The maximum Gasteiger partial charge on any atom is 0.0638 e. The highest BCUT2D eigenvalue weighted by Gasteiger charge is 2.22. The molecule has 1 atom stereocenters. The zero-order valence-electron chi connectivity index (χ0n) is 12.9. The van der Waals surface area contributed by atoms with E-state index in [1.807, 2.05) is 18.5 Å². The molecule has 4 heteroatoms. The van der Waals surface area contributed by atoms with Crippen LogP contribution >= 0.6 is 0 Å². The van der Waals surface area contributed by atoms with Gasteiger partial charge in [0, 0.05) is 30.7 Å². The van der Waals surface area contributed by atoms with Crippen molar-refractivity contribution < 1.29 is 0 Å². The topological polar surface area (TPSA) is 47.1 Å². The van der Waals surface area contributed by atoms with Crippen LogP contribution in [0, 0.1) is 19.8 Å². The second-order valence-corrected chi connectivity index (χ2v) is 6.07. The minimum absolute atomic E-state index is 0.673. The fourth-order valence-corrected chi connectivity index (χ4v) is 3.36. The summed E-state index contributed by atoms with van der Waals surface area (Å²) >= 11 is 0. The zero-order chi connectivity index (χ0) is 14.8. The minimum atomic E-state index is 0.673. The van der Waals surface area contributed by atoms with Gasteiger partial charge in [0.15, 0.2) is 0 Å². The quantitative estimate of drug-likeness (QED) is 0.937. The number of rotatable bonds is 4. The van der Waals surface area contributed by atoms with Crippen molar-refractivity contribution in [3.63, 3.8) is 0 Å². The summed E-state index contributed by atoms with van der Waals surface area (Å²) in [5.74, 6) is 0.673. The van der Waals surface area contributed by atoms with Gasteiger partial charge in [-0.25, -0.2) is 0 Å². The zero-order valence-corrected chi connectivity index (χ0v) is 12.9. The van der Waals surface area contributed by atoms with Gasteiger partial charge in [-0.1, -0.05) is 0 Å². The molecule has 0 aliphatic carbocycles. The molecular formula is C17H24N4. The number of nitrogens with zero attached hydrogens (tertiary/aromatic N) is 3. The van der Waals surface area contributed by atoms with Crippen LogP contribution in [0.1, 0.15) is 23.4 Å². The predicted molar refractivity (Wildman–Crippen MR) is 85.5 cm³/mol. The van der Waals surface area contributed by atoms with E-state index in [4.69, 9.17) is 5.73 Å². The van der Waals surface area contributed by atoms with Gasteiger partial charge in [0.1, 0.15) is 0 Å². The first kappa shape index (κ1) is 14.3. The fourth-order valence-electron chi connectivity index (χ4n) is 3.36. The highest BCUT2D eigenvalue weighted by atomic mass is 15.1. The van der Waals surface area contributed by atoms with Crippen LogP contribution in [0.2, 0.25) is 0 Å². The summed E-state index contributed by atoms with van der Waals surface area (Å²) < 4.78 is 2.29. The molecule has 2 N–H and O–H groups in total. The van der Waals surface area contributed by atoms with Gasteiger partial charge in [-0.3, -0.25) is 9.88 Å². The molecule has 3 rings (SSSR count). The van der Waals surface area contributed by atoms with Crippen molar-refractivity contribution in [2.75, 3.05) is 19.6 Å². The van der Waals surface area contributed by atoms with E-state index < -0.39 is 0 Å². The molecule has 3 heterocycles.